The van der Waals surface area contributed by atoms with Crippen LogP contribution >= 0.6 is 0 Å². The van der Waals surface area contributed by atoms with Crippen LogP contribution < -0.4 is 11.5 Å². The van der Waals surface area contributed by atoms with E-state index >= 15 is 0 Å². The maximum atomic E-state index is 11.8. The number of aliphatic hydroxyl groups is 1. The highest BCUT2D eigenvalue weighted by Crippen LogP contribution is 2.43. The summed E-state index contributed by atoms with van der Waals surface area (Å²) in [5.74, 6) is 0. The van der Waals surface area contributed by atoms with E-state index in [9.17, 15) is 18.1 Å². The zero-order chi connectivity index (χ0) is 22.6. The second-order valence-corrected chi connectivity index (χ2v) is 8.00. The van der Waals surface area contributed by atoms with Crippen molar-refractivity contribution in [1.29, 1.82) is 0 Å². The Morgan fingerprint density at radius 3 is 2.16 bits per heavy atom. The third-order valence-corrected chi connectivity index (χ3v) is 5.12. The van der Waals surface area contributed by atoms with Gasteiger partial charge in [-0.3, -0.25) is 4.55 Å². The van der Waals surface area contributed by atoms with Crippen LogP contribution in [0.1, 0.15) is 11.1 Å². The molecule has 3 rings (SSSR count). The summed E-state index contributed by atoms with van der Waals surface area (Å²) >= 11 is 0. The molecule has 0 aliphatic carbocycles. The molecule has 0 amide bonds. The van der Waals surface area contributed by atoms with E-state index < -0.39 is 15.0 Å². The molecule has 0 atom stereocenters. The molecule has 0 saturated carbocycles. The smallest absolute Gasteiger partial charge is 0.296 e. The van der Waals surface area contributed by atoms with Crippen molar-refractivity contribution in [1.82, 2.24) is 0 Å². The van der Waals surface area contributed by atoms with Gasteiger partial charge in [0, 0.05) is 0 Å². The van der Waals surface area contributed by atoms with Crippen molar-refractivity contribution < 1.29 is 18.1 Å². The third kappa shape index (κ3) is 5.28. The lowest BCUT2D eigenvalue weighted by Crippen LogP contribution is -2.05. The number of aryl methyl sites for hydroxylation is 1. The van der Waals surface area contributed by atoms with Crippen molar-refractivity contribution in [2.45, 2.75) is 18.4 Å². The Hall–Kier alpha value is -3.67. The van der Waals surface area contributed by atoms with Crippen LogP contribution in [0.15, 0.2) is 79.9 Å². The fraction of sp³-hybridized carbons (Fsp3) is 0.100. The average Bonchev–Trinajstić information content (AvgIpc) is 2.72. The maximum Gasteiger partial charge on any atom is 0.296 e. The monoisotopic (exact) mass is 440 g/mol. The molecule has 0 bridgehead atoms. The third-order valence-electron chi connectivity index (χ3n) is 4.23. The summed E-state index contributed by atoms with van der Waals surface area (Å²) in [6.45, 7) is 1.70. The number of hydrogen-bond acceptors (Lipinski definition) is 9. The zero-order valence-corrected chi connectivity index (χ0v) is 17.3. The molecule has 0 fully saturated rings. The van der Waals surface area contributed by atoms with Crippen LogP contribution in [0.3, 0.4) is 0 Å². The van der Waals surface area contributed by atoms with E-state index in [0.29, 0.717) is 16.9 Å². The van der Waals surface area contributed by atoms with E-state index in [1.165, 1.54) is 0 Å². The van der Waals surface area contributed by atoms with Crippen molar-refractivity contribution in [3.63, 3.8) is 0 Å². The van der Waals surface area contributed by atoms with Gasteiger partial charge in [-0.05, 0) is 48.4 Å². The highest BCUT2D eigenvalue weighted by Gasteiger charge is 2.22. The molecule has 10 nitrogen and oxygen atoms in total. The minimum atomic E-state index is -4.70. The minimum Gasteiger partial charge on any atom is -0.396 e. The van der Waals surface area contributed by atoms with Gasteiger partial charge < -0.3 is 16.6 Å². The first-order chi connectivity index (χ1) is 14.7. The Morgan fingerprint density at radius 2 is 1.52 bits per heavy atom. The topological polar surface area (TPSA) is 176 Å². The lowest BCUT2D eigenvalue weighted by Gasteiger charge is -2.10. The molecule has 0 aliphatic heterocycles. The fourth-order valence-corrected chi connectivity index (χ4v) is 3.33. The highest BCUT2D eigenvalue weighted by atomic mass is 32.2. The molecule has 0 saturated heterocycles. The van der Waals surface area contributed by atoms with Gasteiger partial charge in [0.25, 0.3) is 10.1 Å². The van der Waals surface area contributed by atoms with Gasteiger partial charge in [-0.1, -0.05) is 24.3 Å². The summed E-state index contributed by atoms with van der Waals surface area (Å²) in [4.78, 5) is -0.613. The Bertz CT molecular complexity index is 1290. The predicted molar refractivity (Wildman–Crippen MR) is 117 cm³/mol. The second-order valence-electron chi connectivity index (χ2n) is 6.61. The Kier molecular flexibility index (Phi) is 6.39. The number of nitrogen functional groups attached to an aromatic ring is 2. The fourth-order valence-electron chi connectivity index (χ4n) is 2.69. The molecule has 11 heteroatoms. The normalized spacial score (nSPS) is 12.1. The van der Waals surface area contributed by atoms with Gasteiger partial charge in [0.05, 0.1) is 29.4 Å². The first kappa shape index (κ1) is 22.0. The quantitative estimate of drug-likeness (QED) is 0.244. The molecule has 3 aromatic rings. The van der Waals surface area contributed by atoms with Gasteiger partial charge in [0.15, 0.2) is 0 Å². The largest absolute Gasteiger partial charge is 0.396 e. The SMILES string of the molecule is Cc1cccc(N=Nc2c(N)c(N=Nc3cccc(CO)c3)cc(S(=O)(=O)O)c2N)c1. The molecule has 0 radical (unpaired) electrons. The minimum absolute atomic E-state index is 0.0663. The van der Waals surface area contributed by atoms with Crippen molar-refractivity contribution in [3.05, 3.63) is 65.7 Å². The summed E-state index contributed by atoms with van der Waals surface area (Å²) < 4.78 is 33.2. The Labute approximate surface area is 178 Å². The highest BCUT2D eigenvalue weighted by molar-refractivity contribution is 7.86. The number of aliphatic hydroxyl groups excluding tert-OH is 1. The van der Waals surface area contributed by atoms with Crippen LogP contribution in [0.2, 0.25) is 0 Å². The zero-order valence-electron chi connectivity index (χ0n) is 16.5. The molecule has 0 aliphatic rings. The van der Waals surface area contributed by atoms with Gasteiger partial charge in [-0.2, -0.15) is 18.6 Å². The van der Waals surface area contributed by atoms with Gasteiger partial charge in [-0.25, -0.2) is 0 Å². The first-order valence-corrected chi connectivity index (χ1v) is 10.4. The Morgan fingerprint density at radius 1 is 0.871 bits per heavy atom. The number of nitrogens with two attached hydrogens (primary N) is 2. The van der Waals surface area contributed by atoms with Crippen LogP contribution in [0.25, 0.3) is 0 Å². The molecule has 31 heavy (non-hydrogen) atoms. The van der Waals surface area contributed by atoms with Gasteiger partial charge in [0.1, 0.15) is 16.3 Å². The summed E-state index contributed by atoms with van der Waals surface area (Å²) in [6.07, 6.45) is 0. The molecule has 0 spiro atoms. The lowest BCUT2D eigenvalue weighted by molar-refractivity contribution is 0.282. The first-order valence-electron chi connectivity index (χ1n) is 8.98. The Balaban J connectivity index is 2.11. The summed E-state index contributed by atoms with van der Waals surface area (Å²) in [5, 5.41) is 25.3. The van der Waals surface area contributed by atoms with E-state index in [1.54, 1.807) is 42.5 Å². The van der Waals surface area contributed by atoms with Crippen LogP contribution in [-0.4, -0.2) is 18.1 Å². The average molecular weight is 440 g/mol. The van der Waals surface area contributed by atoms with Crippen LogP contribution in [-0.2, 0) is 16.7 Å². The summed E-state index contributed by atoms with van der Waals surface area (Å²) in [5.41, 5.74) is 13.8. The summed E-state index contributed by atoms with van der Waals surface area (Å²) in [7, 11) is -4.70. The molecule has 3 aromatic carbocycles. The molecule has 0 heterocycles. The molecule has 0 unspecified atom stereocenters. The van der Waals surface area contributed by atoms with Gasteiger partial charge in [-0.15, -0.1) is 10.2 Å². The molecular formula is C20H20N6O4S. The summed E-state index contributed by atoms with van der Waals surface area (Å²) in [6, 6.07) is 14.7. The molecule has 6 N–H and O–H groups in total. The van der Waals surface area contributed by atoms with Gasteiger partial charge in [0.2, 0.25) is 0 Å². The number of nitrogens with zero attached hydrogens (tertiary/aromatic N) is 4. The van der Waals surface area contributed by atoms with E-state index in [-0.39, 0.29) is 29.4 Å². The van der Waals surface area contributed by atoms with Gasteiger partial charge >= 0.3 is 0 Å². The van der Waals surface area contributed by atoms with Crippen molar-refractivity contribution >= 4 is 44.2 Å². The van der Waals surface area contributed by atoms with E-state index in [4.69, 9.17) is 11.5 Å². The van der Waals surface area contributed by atoms with Crippen molar-refractivity contribution in [2.24, 2.45) is 20.5 Å². The molecule has 0 aromatic heterocycles. The van der Waals surface area contributed by atoms with E-state index in [2.05, 4.69) is 20.5 Å². The molecular weight excluding hydrogens is 420 g/mol. The van der Waals surface area contributed by atoms with E-state index in [0.717, 1.165) is 11.6 Å². The van der Waals surface area contributed by atoms with Crippen LogP contribution in [0.4, 0.5) is 34.1 Å². The van der Waals surface area contributed by atoms with Crippen LogP contribution in [0, 0.1) is 6.92 Å². The van der Waals surface area contributed by atoms with Crippen molar-refractivity contribution in [3.8, 4) is 0 Å². The van der Waals surface area contributed by atoms with Crippen molar-refractivity contribution in [2.75, 3.05) is 11.5 Å². The van der Waals surface area contributed by atoms with E-state index in [1.807, 2.05) is 13.0 Å². The number of azo groups is 2. The maximum absolute atomic E-state index is 11.8. The number of anilines is 2. The standard InChI is InChI=1S/C20H20N6O4S/c1-12-4-2-6-14(8-12)24-26-20-18(21)16(10-17(19(20)22)31(28,29)30)25-23-15-7-3-5-13(9-15)11-27/h2-10,27H,11,21-22H2,1H3,(H,28,29,30). The second kappa shape index (κ2) is 9.00. The lowest BCUT2D eigenvalue weighted by atomic mass is 10.2. The number of rotatable bonds is 6. The number of hydrogen-bond donors (Lipinski definition) is 4. The number of benzene rings is 3. The molecule has 160 valence electrons. The predicted octanol–water partition coefficient (Wildman–Crippen LogP) is 4.73. The van der Waals surface area contributed by atoms with Crippen LogP contribution in [0.5, 0.6) is 0 Å².